The number of anilines is 1. The van der Waals surface area contributed by atoms with Crippen LogP contribution in [0.4, 0.5) is 5.82 Å². The molecule has 82 valence electrons. The highest BCUT2D eigenvalue weighted by atomic mass is 16.5. The molecule has 0 atom stereocenters. The van der Waals surface area contributed by atoms with Gasteiger partial charge in [0.15, 0.2) is 5.82 Å². The Bertz CT molecular complexity index is 487. The molecule has 0 unspecified atom stereocenters. The van der Waals surface area contributed by atoms with Gasteiger partial charge in [0, 0.05) is 12.3 Å². The van der Waals surface area contributed by atoms with Gasteiger partial charge in [-0.25, -0.2) is 15.8 Å². The van der Waals surface area contributed by atoms with E-state index in [0.717, 1.165) is 11.3 Å². The number of benzene rings is 1. The number of nitrogens with one attached hydrogen (secondary N) is 1. The molecule has 0 saturated heterocycles. The lowest BCUT2D eigenvalue weighted by Crippen LogP contribution is -2.09. The van der Waals surface area contributed by atoms with Crippen LogP contribution in [0.5, 0.6) is 5.75 Å². The van der Waals surface area contributed by atoms with Crippen LogP contribution in [0.25, 0.3) is 11.4 Å². The van der Waals surface area contributed by atoms with Crippen molar-refractivity contribution in [2.75, 3.05) is 12.5 Å². The van der Waals surface area contributed by atoms with Crippen LogP contribution in [-0.4, -0.2) is 17.1 Å². The van der Waals surface area contributed by atoms with Gasteiger partial charge in [-0.05, 0) is 12.1 Å². The second-order valence-electron chi connectivity index (χ2n) is 3.11. The molecule has 0 aliphatic heterocycles. The minimum Gasteiger partial charge on any atom is -0.496 e. The first-order valence-corrected chi connectivity index (χ1v) is 4.78. The molecule has 5 nitrogen and oxygen atoms in total. The molecule has 1 aromatic heterocycles. The third-order valence-corrected chi connectivity index (χ3v) is 2.15. The van der Waals surface area contributed by atoms with Gasteiger partial charge in [-0.3, -0.25) is 0 Å². The van der Waals surface area contributed by atoms with E-state index in [9.17, 15) is 0 Å². The van der Waals surface area contributed by atoms with Gasteiger partial charge in [-0.2, -0.15) is 0 Å². The Balaban J connectivity index is 2.49. The number of ether oxygens (including phenoxy) is 1. The highest BCUT2D eigenvalue weighted by Gasteiger charge is 2.07. The molecule has 0 radical (unpaired) electrons. The van der Waals surface area contributed by atoms with Gasteiger partial charge in [0.25, 0.3) is 0 Å². The Kier molecular flexibility index (Phi) is 2.98. The van der Waals surface area contributed by atoms with Crippen LogP contribution < -0.4 is 16.0 Å². The first kappa shape index (κ1) is 10.4. The third-order valence-electron chi connectivity index (χ3n) is 2.15. The van der Waals surface area contributed by atoms with Crippen LogP contribution in [0.15, 0.2) is 36.5 Å². The Morgan fingerprint density at radius 3 is 2.81 bits per heavy atom. The molecule has 0 aliphatic carbocycles. The molecular formula is C11H12N4O. The number of hydrogen-bond donors (Lipinski definition) is 2. The standard InChI is InChI=1S/C11H12N4O/c1-16-9-5-3-2-4-8(9)11-13-7-6-10(14-11)15-12/h2-7H,12H2,1H3,(H,13,14,15). The monoisotopic (exact) mass is 216 g/mol. The Labute approximate surface area is 93.3 Å². The molecule has 1 aromatic carbocycles. The molecule has 2 aromatic rings. The van der Waals surface area contributed by atoms with Crippen molar-refractivity contribution in [3.05, 3.63) is 36.5 Å². The number of methoxy groups -OCH3 is 1. The molecule has 16 heavy (non-hydrogen) atoms. The van der Waals surface area contributed by atoms with E-state index < -0.39 is 0 Å². The van der Waals surface area contributed by atoms with Gasteiger partial charge in [0.1, 0.15) is 11.6 Å². The fourth-order valence-electron chi connectivity index (χ4n) is 1.40. The predicted octanol–water partition coefficient (Wildman–Crippen LogP) is 1.44. The van der Waals surface area contributed by atoms with Crippen LogP contribution in [0.1, 0.15) is 0 Å². The lowest BCUT2D eigenvalue weighted by molar-refractivity contribution is 0.416. The third kappa shape index (κ3) is 1.94. The highest BCUT2D eigenvalue weighted by molar-refractivity contribution is 5.64. The molecule has 5 heteroatoms. The van der Waals surface area contributed by atoms with Crippen molar-refractivity contribution in [3.8, 4) is 17.1 Å². The summed E-state index contributed by atoms with van der Waals surface area (Å²) < 4.78 is 5.24. The smallest absolute Gasteiger partial charge is 0.165 e. The van der Waals surface area contributed by atoms with Crippen molar-refractivity contribution in [1.82, 2.24) is 9.97 Å². The van der Waals surface area contributed by atoms with Gasteiger partial charge in [-0.15, -0.1) is 0 Å². The van der Waals surface area contributed by atoms with Crippen LogP contribution in [-0.2, 0) is 0 Å². The van der Waals surface area contributed by atoms with Gasteiger partial charge in [0.05, 0.1) is 12.7 Å². The lowest BCUT2D eigenvalue weighted by atomic mass is 10.2. The second-order valence-corrected chi connectivity index (χ2v) is 3.11. The van der Waals surface area contributed by atoms with Gasteiger partial charge >= 0.3 is 0 Å². The van der Waals surface area contributed by atoms with E-state index in [-0.39, 0.29) is 0 Å². The van der Waals surface area contributed by atoms with E-state index in [1.807, 2.05) is 24.3 Å². The molecule has 2 rings (SSSR count). The van der Waals surface area contributed by atoms with E-state index in [1.165, 1.54) is 0 Å². The first-order chi connectivity index (χ1) is 7.85. The van der Waals surface area contributed by atoms with Crippen molar-refractivity contribution in [3.63, 3.8) is 0 Å². The lowest BCUT2D eigenvalue weighted by Gasteiger charge is -2.07. The SMILES string of the molecule is COc1ccccc1-c1nccc(NN)n1. The van der Waals surface area contributed by atoms with Crippen LogP contribution in [0.3, 0.4) is 0 Å². The van der Waals surface area contributed by atoms with Crippen molar-refractivity contribution in [2.24, 2.45) is 5.84 Å². The van der Waals surface area contributed by atoms with E-state index in [2.05, 4.69) is 15.4 Å². The number of nitrogen functional groups attached to an aromatic ring is 1. The maximum atomic E-state index is 5.30. The summed E-state index contributed by atoms with van der Waals surface area (Å²) in [7, 11) is 1.61. The van der Waals surface area contributed by atoms with Gasteiger partial charge in [-0.1, -0.05) is 12.1 Å². The fraction of sp³-hybridized carbons (Fsp3) is 0.0909. The normalized spacial score (nSPS) is 9.88. The highest BCUT2D eigenvalue weighted by Crippen LogP contribution is 2.26. The Hall–Kier alpha value is -2.14. The van der Waals surface area contributed by atoms with Crippen LogP contribution in [0, 0.1) is 0 Å². The average Bonchev–Trinajstić information content (AvgIpc) is 2.38. The molecule has 0 fully saturated rings. The zero-order chi connectivity index (χ0) is 11.4. The van der Waals surface area contributed by atoms with Crippen LogP contribution >= 0.6 is 0 Å². The van der Waals surface area contributed by atoms with E-state index in [0.29, 0.717) is 11.6 Å². The number of aromatic nitrogens is 2. The van der Waals surface area contributed by atoms with Crippen molar-refractivity contribution in [1.29, 1.82) is 0 Å². The van der Waals surface area contributed by atoms with E-state index in [1.54, 1.807) is 19.4 Å². The fourth-order valence-corrected chi connectivity index (χ4v) is 1.40. The molecular weight excluding hydrogens is 204 g/mol. The summed E-state index contributed by atoms with van der Waals surface area (Å²) in [5, 5.41) is 0. The summed E-state index contributed by atoms with van der Waals surface area (Å²) in [5.41, 5.74) is 3.32. The maximum Gasteiger partial charge on any atom is 0.165 e. The van der Waals surface area contributed by atoms with Crippen molar-refractivity contribution < 1.29 is 4.74 Å². The summed E-state index contributed by atoms with van der Waals surface area (Å²) in [6.07, 6.45) is 1.64. The zero-order valence-corrected chi connectivity index (χ0v) is 8.84. The number of hydrazine groups is 1. The van der Waals surface area contributed by atoms with E-state index >= 15 is 0 Å². The number of nitrogens with zero attached hydrogens (tertiary/aromatic N) is 2. The van der Waals surface area contributed by atoms with E-state index in [4.69, 9.17) is 10.6 Å². The molecule has 0 spiro atoms. The van der Waals surface area contributed by atoms with Crippen molar-refractivity contribution >= 4 is 5.82 Å². The summed E-state index contributed by atoms with van der Waals surface area (Å²) in [4.78, 5) is 8.42. The van der Waals surface area contributed by atoms with Gasteiger partial charge in [0.2, 0.25) is 0 Å². The number of nitrogens with two attached hydrogens (primary N) is 1. The van der Waals surface area contributed by atoms with Crippen LogP contribution in [0.2, 0.25) is 0 Å². The Morgan fingerprint density at radius 2 is 2.06 bits per heavy atom. The average molecular weight is 216 g/mol. The summed E-state index contributed by atoms with van der Waals surface area (Å²) in [6, 6.07) is 9.26. The predicted molar refractivity (Wildman–Crippen MR) is 61.8 cm³/mol. The second kappa shape index (κ2) is 4.59. The zero-order valence-electron chi connectivity index (χ0n) is 8.84. The molecule has 1 heterocycles. The quantitative estimate of drug-likeness (QED) is 0.600. The summed E-state index contributed by atoms with van der Waals surface area (Å²) in [5.74, 6) is 7.17. The number of para-hydroxylation sites is 1. The molecule has 0 amide bonds. The minimum atomic E-state index is 0.566. The summed E-state index contributed by atoms with van der Waals surface area (Å²) >= 11 is 0. The maximum absolute atomic E-state index is 5.30. The molecule has 3 N–H and O–H groups in total. The number of rotatable bonds is 3. The molecule has 0 aliphatic rings. The van der Waals surface area contributed by atoms with Crippen molar-refractivity contribution in [2.45, 2.75) is 0 Å². The first-order valence-electron chi connectivity index (χ1n) is 4.78. The topological polar surface area (TPSA) is 73.1 Å². The molecule has 0 saturated carbocycles. The Morgan fingerprint density at radius 1 is 1.25 bits per heavy atom. The molecule has 0 bridgehead atoms. The number of hydrogen-bond acceptors (Lipinski definition) is 5. The van der Waals surface area contributed by atoms with Gasteiger partial charge < -0.3 is 10.2 Å². The largest absolute Gasteiger partial charge is 0.496 e. The minimum absolute atomic E-state index is 0.566. The summed E-state index contributed by atoms with van der Waals surface area (Å²) in [6.45, 7) is 0.